The number of piperazine rings is 1. The highest BCUT2D eigenvalue weighted by atomic mass is 19.3. The second-order valence-corrected chi connectivity index (χ2v) is 10.7. The Morgan fingerprint density at radius 2 is 1.95 bits per heavy atom. The Morgan fingerprint density at radius 3 is 2.67 bits per heavy atom. The Kier molecular flexibility index (Phi) is 6.97. The molecule has 0 bridgehead atoms. The standard InChI is InChI=1S/C30H34F2N8/c1-4-20(18-39-11-9-30(31,32)19-39)16-21(5-2)22-6-7-24-23(17-22)26(37-36-24)28-34-25-8-10-33-29(27(25)35-28)40-14-12-38(3)13-15-40/h4-8,10,16-17H,1,9,11-15,18-19H2,2-3H3,(H,34,35)(H,36,37)/b20-16+,21-5+. The van der Waals surface area contributed by atoms with Gasteiger partial charge in [0.05, 0.1) is 17.6 Å². The molecule has 40 heavy (non-hydrogen) atoms. The van der Waals surface area contributed by atoms with E-state index in [0.717, 1.165) is 76.3 Å². The lowest BCUT2D eigenvalue weighted by atomic mass is 10.00. The summed E-state index contributed by atoms with van der Waals surface area (Å²) in [4.78, 5) is 19.5. The number of aromatic nitrogens is 5. The molecular formula is C30H34F2N8. The number of alkyl halides is 2. The van der Waals surface area contributed by atoms with E-state index < -0.39 is 5.92 Å². The van der Waals surface area contributed by atoms with Crippen molar-refractivity contribution in [1.82, 2.24) is 34.9 Å². The van der Waals surface area contributed by atoms with E-state index in [-0.39, 0.29) is 13.0 Å². The number of likely N-dealkylation sites (N-methyl/N-ethyl adjacent to an activating group) is 1. The number of halogens is 2. The first-order valence-electron chi connectivity index (χ1n) is 13.7. The Morgan fingerprint density at radius 1 is 1.12 bits per heavy atom. The molecule has 0 unspecified atom stereocenters. The molecule has 2 aliphatic rings. The van der Waals surface area contributed by atoms with Crippen LogP contribution in [0.2, 0.25) is 0 Å². The number of rotatable bonds is 7. The Balaban J connectivity index is 1.31. The molecule has 2 N–H and O–H groups in total. The molecule has 0 amide bonds. The normalized spacial score (nSPS) is 19.2. The number of H-pyrrole nitrogens is 2. The molecule has 0 aliphatic carbocycles. The van der Waals surface area contributed by atoms with E-state index in [0.29, 0.717) is 18.9 Å². The number of hydrogen-bond acceptors (Lipinski definition) is 6. The van der Waals surface area contributed by atoms with Crippen LogP contribution in [0.5, 0.6) is 0 Å². The Hall–Kier alpha value is -3.89. The zero-order valence-corrected chi connectivity index (χ0v) is 22.9. The van der Waals surface area contributed by atoms with E-state index in [1.807, 2.05) is 43.5 Å². The maximum atomic E-state index is 13.7. The topological polar surface area (TPSA) is 80.0 Å². The van der Waals surface area contributed by atoms with Crippen LogP contribution in [0.15, 0.2) is 60.8 Å². The summed E-state index contributed by atoms with van der Waals surface area (Å²) in [6.07, 6.45) is 7.53. The van der Waals surface area contributed by atoms with Crippen LogP contribution in [-0.4, -0.2) is 93.7 Å². The summed E-state index contributed by atoms with van der Waals surface area (Å²) >= 11 is 0. The minimum Gasteiger partial charge on any atom is -0.352 e. The third-order valence-corrected chi connectivity index (χ3v) is 7.87. The number of benzene rings is 1. The molecule has 0 atom stereocenters. The minimum absolute atomic E-state index is 0.0947. The van der Waals surface area contributed by atoms with Crippen LogP contribution < -0.4 is 4.90 Å². The molecule has 0 saturated carbocycles. The third kappa shape index (κ3) is 5.16. The molecule has 0 spiro atoms. The predicted octanol–water partition coefficient (Wildman–Crippen LogP) is 5.11. The van der Waals surface area contributed by atoms with Crippen LogP contribution in [0.1, 0.15) is 18.9 Å². The average molecular weight is 545 g/mol. The summed E-state index contributed by atoms with van der Waals surface area (Å²) in [5.41, 5.74) is 6.29. The maximum absolute atomic E-state index is 13.7. The SMILES string of the molecule is C=C/C(=C\C(=C/C)c1ccc2[nH]nc(-c3nc4c(N5CCN(C)CC5)nccc4[nH]3)c2c1)CN1CCC(F)(F)C1. The molecule has 2 aliphatic heterocycles. The van der Waals surface area contributed by atoms with Crippen molar-refractivity contribution in [2.75, 3.05) is 57.8 Å². The second kappa shape index (κ2) is 10.6. The average Bonchev–Trinajstić information content (AvgIpc) is 3.66. The number of imidazole rings is 1. The largest absolute Gasteiger partial charge is 0.352 e. The van der Waals surface area contributed by atoms with E-state index >= 15 is 0 Å². The second-order valence-electron chi connectivity index (χ2n) is 10.7. The molecular weight excluding hydrogens is 510 g/mol. The number of pyridine rings is 1. The van der Waals surface area contributed by atoms with Gasteiger partial charge in [-0.05, 0) is 48.9 Å². The van der Waals surface area contributed by atoms with Crippen molar-refractivity contribution in [1.29, 1.82) is 0 Å². The number of nitrogens with zero attached hydrogens (tertiary/aromatic N) is 6. The highest BCUT2D eigenvalue weighted by Crippen LogP contribution is 2.32. The van der Waals surface area contributed by atoms with E-state index in [9.17, 15) is 8.78 Å². The van der Waals surface area contributed by atoms with Crippen molar-refractivity contribution in [2.24, 2.45) is 0 Å². The number of likely N-dealkylation sites (tertiary alicyclic amines) is 1. The van der Waals surface area contributed by atoms with Gasteiger partial charge in [-0.2, -0.15) is 5.10 Å². The highest BCUT2D eigenvalue weighted by molar-refractivity contribution is 5.97. The minimum atomic E-state index is -2.61. The fourth-order valence-corrected chi connectivity index (χ4v) is 5.56. The fraction of sp³-hybridized carbons (Fsp3) is 0.367. The molecule has 8 nitrogen and oxygen atoms in total. The van der Waals surface area contributed by atoms with Gasteiger partial charge >= 0.3 is 0 Å². The fourth-order valence-electron chi connectivity index (χ4n) is 5.56. The van der Waals surface area contributed by atoms with Crippen LogP contribution in [-0.2, 0) is 0 Å². The van der Waals surface area contributed by atoms with Crippen molar-refractivity contribution in [2.45, 2.75) is 19.3 Å². The molecule has 1 aromatic carbocycles. The van der Waals surface area contributed by atoms with Crippen LogP contribution >= 0.6 is 0 Å². The molecule has 3 aromatic heterocycles. The number of allylic oxidation sites excluding steroid dienone is 3. The molecule has 4 aromatic rings. The quantitative estimate of drug-likeness (QED) is 0.315. The van der Waals surface area contributed by atoms with Crippen molar-refractivity contribution in [3.63, 3.8) is 0 Å². The first kappa shape index (κ1) is 26.3. The van der Waals surface area contributed by atoms with Gasteiger partial charge in [0.2, 0.25) is 0 Å². The molecule has 2 fully saturated rings. The molecule has 6 rings (SSSR count). The molecule has 2 saturated heterocycles. The van der Waals surface area contributed by atoms with Crippen LogP contribution in [0.4, 0.5) is 14.6 Å². The van der Waals surface area contributed by atoms with Crippen molar-refractivity contribution < 1.29 is 8.78 Å². The zero-order chi connectivity index (χ0) is 27.9. The summed E-state index contributed by atoms with van der Waals surface area (Å²) < 4.78 is 27.4. The van der Waals surface area contributed by atoms with E-state index in [4.69, 9.17) is 4.98 Å². The van der Waals surface area contributed by atoms with Gasteiger partial charge in [-0.15, -0.1) is 0 Å². The summed E-state index contributed by atoms with van der Waals surface area (Å²) in [5, 5.41) is 8.69. The highest BCUT2D eigenvalue weighted by Gasteiger charge is 2.38. The summed E-state index contributed by atoms with van der Waals surface area (Å²) in [5.74, 6) is -1.04. The third-order valence-electron chi connectivity index (χ3n) is 7.87. The molecule has 5 heterocycles. The van der Waals surface area contributed by atoms with Gasteiger partial charge in [-0.1, -0.05) is 30.9 Å². The zero-order valence-electron chi connectivity index (χ0n) is 22.9. The van der Waals surface area contributed by atoms with Crippen molar-refractivity contribution >= 4 is 33.3 Å². The molecule has 0 radical (unpaired) electrons. The van der Waals surface area contributed by atoms with Crippen LogP contribution in [0.3, 0.4) is 0 Å². The summed E-state index contributed by atoms with van der Waals surface area (Å²) in [6.45, 7) is 10.3. The van der Waals surface area contributed by atoms with E-state index in [1.165, 1.54) is 0 Å². The van der Waals surface area contributed by atoms with Gasteiger partial charge in [-0.3, -0.25) is 10.00 Å². The van der Waals surface area contributed by atoms with Crippen LogP contribution in [0.25, 0.3) is 39.0 Å². The lowest BCUT2D eigenvalue weighted by Gasteiger charge is -2.33. The predicted molar refractivity (Wildman–Crippen MR) is 157 cm³/mol. The first-order chi connectivity index (χ1) is 19.3. The smallest absolute Gasteiger partial charge is 0.261 e. The number of anilines is 1. The number of hydrogen-bond donors (Lipinski definition) is 2. The number of fused-ring (bicyclic) bond motifs is 2. The summed E-state index contributed by atoms with van der Waals surface area (Å²) in [6, 6.07) is 8.08. The van der Waals surface area contributed by atoms with Crippen molar-refractivity contribution in [3.05, 3.63) is 66.4 Å². The van der Waals surface area contributed by atoms with Gasteiger partial charge in [-0.25, -0.2) is 18.7 Å². The van der Waals surface area contributed by atoms with Gasteiger partial charge < -0.3 is 14.8 Å². The summed E-state index contributed by atoms with van der Waals surface area (Å²) in [7, 11) is 2.14. The van der Waals surface area contributed by atoms with E-state index in [2.05, 4.69) is 49.7 Å². The Bertz CT molecular complexity index is 1610. The van der Waals surface area contributed by atoms with Gasteiger partial charge in [0.15, 0.2) is 11.6 Å². The number of aromatic amines is 2. The van der Waals surface area contributed by atoms with Crippen molar-refractivity contribution in [3.8, 4) is 11.5 Å². The van der Waals surface area contributed by atoms with Gasteiger partial charge in [0, 0.05) is 57.3 Å². The Labute approximate surface area is 232 Å². The lowest BCUT2D eigenvalue weighted by molar-refractivity contribution is 0.0131. The van der Waals surface area contributed by atoms with Crippen LogP contribution in [0, 0.1) is 0 Å². The van der Waals surface area contributed by atoms with Gasteiger partial charge in [0.25, 0.3) is 5.92 Å². The maximum Gasteiger partial charge on any atom is 0.261 e. The van der Waals surface area contributed by atoms with E-state index in [1.54, 1.807) is 11.0 Å². The number of nitrogens with one attached hydrogen (secondary N) is 2. The lowest BCUT2D eigenvalue weighted by Crippen LogP contribution is -2.44. The van der Waals surface area contributed by atoms with Gasteiger partial charge in [0.1, 0.15) is 11.2 Å². The first-order valence-corrected chi connectivity index (χ1v) is 13.7. The monoisotopic (exact) mass is 544 g/mol. The molecule has 208 valence electrons. The molecule has 10 heteroatoms.